The predicted molar refractivity (Wildman–Crippen MR) is 216 cm³/mol. The summed E-state index contributed by atoms with van der Waals surface area (Å²) in [5.74, 6) is 0. The summed E-state index contributed by atoms with van der Waals surface area (Å²) in [6.07, 6.45) is 0. The second-order valence-electron chi connectivity index (χ2n) is 13.3. The molecule has 10 aromatic rings. The van der Waals surface area contributed by atoms with Gasteiger partial charge >= 0.3 is 0 Å². The lowest BCUT2D eigenvalue weighted by Gasteiger charge is -2.16. The largest absolute Gasteiger partial charge is 0.0622 e. The van der Waals surface area contributed by atoms with Gasteiger partial charge in [-0.1, -0.05) is 158 Å². The van der Waals surface area contributed by atoms with E-state index in [9.17, 15) is 0 Å². The molecule has 0 N–H and O–H groups in total. The summed E-state index contributed by atoms with van der Waals surface area (Å²) in [5.41, 5.74) is 9.88. The lowest BCUT2D eigenvalue weighted by molar-refractivity contribution is 1.61. The fraction of sp³-hybridized carbons (Fsp3) is 0. The van der Waals surface area contributed by atoms with Crippen molar-refractivity contribution in [3.05, 3.63) is 194 Å². The maximum absolute atomic E-state index is 2.41. The molecule has 10 aromatic carbocycles. The molecule has 0 bridgehead atoms. The highest BCUT2D eigenvalue weighted by molar-refractivity contribution is 6.26. The van der Waals surface area contributed by atoms with E-state index in [1.165, 1.54) is 98.4 Å². The molecular formula is C50H32. The molecule has 0 unspecified atom stereocenters. The van der Waals surface area contributed by atoms with Gasteiger partial charge in [0.25, 0.3) is 0 Å². The molecule has 10 rings (SSSR count). The van der Waals surface area contributed by atoms with E-state index >= 15 is 0 Å². The van der Waals surface area contributed by atoms with Gasteiger partial charge in [0.2, 0.25) is 0 Å². The molecule has 0 aliphatic rings. The highest BCUT2D eigenvalue weighted by atomic mass is 14.2. The zero-order chi connectivity index (χ0) is 33.0. The van der Waals surface area contributed by atoms with Crippen molar-refractivity contribution in [2.24, 2.45) is 0 Å². The highest BCUT2D eigenvalue weighted by Gasteiger charge is 2.14. The van der Waals surface area contributed by atoms with Crippen LogP contribution in [0.25, 0.3) is 98.4 Å². The molecule has 0 saturated carbocycles. The standard InChI is InChI=1S/C50H32/c1-2-12-34(13-3-1)47-29-38-15-6-7-16-39(38)30-48(47)42-24-26-46-45-25-23-41(31-49(45)43-19-8-9-20-44(43)50(46)32-42)37-18-10-17-36(28-37)40-22-21-33-11-4-5-14-35(33)27-40/h1-32H. The van der Waals surface area contributed by atoms with Crippen molar-refractivity contribution in [1.82, 2.24) is 0 Å². The Hall–Kier alpha value is -6.50. The van der Waals surface area contributed by atoms with E-state index in [2.05, 4.69) is 194 Å². The number of benzene rings is 10. The number of hydrogen-bond donors (Lipinski definition) is 0. The maximum atomic E-state index is 2.41. The van der Waals surface area contributed by atoms with Crippen LogP contribution in [0.1, 0.15) is 0 Å². The molecule has 0 nitrogen and oxygen atoms in total. The molecule has 0 saturated heterocycles. The van der Waals surface area contributed by atoms with Crippen LogP contribution in [0.5, 0.6) is 0 Å². The van der Waals surface area contributed by atoms with Crippen LogP contribution in [0, 0.1) is 0 Å². The lowest BCUT2D eigenvalue weighted by Crippen LogP contribution is -1.89. The maximum Gasteiger partial charge on any atom is -0.00928 e. The first-order valence-corrected chi connectivity index (χ1v) is 17.3. The van der Waals surface area contributed by atoms with Gasteiger partial charge in [0.15, 0.2) is 0 Å². The summed E-state index contributed by atoms with van der Waals surface area (Å²) in [5, 5.41) is 12.7. The molecule has 0 heteroatoms. The van der Waals surface area contributed by atoms with Crippen molar-refractivity contribution in [3.8, 4) is 44.5 Å². The SMILES string of the molecule is c1ccc(-c2cc3ccccc3cc2-c2ccc3c4ccc(-c5cccc(-c6ccc7ccccc7c6)c5)cc4c4ccccc4c3c2)cc1. The van der Waals surface area contributed by atoms with Gasteiger partial charge in [-0.3, -0.25) is 0 Å². The Labute approximate surface area is 291 Å². The van der Waals surface area contributed by atoms with Crippen LogP contribution in [-0.2, 0) is 0 Å². The average molecular weight is 633 g/mol. The molecule has 0 radical (unpaired) electrons. The van der Waals surface area contributed by atoms with Crippen LogP contribution in [0.2, 0.25) is 0 Å². The Morgan fingerprint density at radius 1 is 0.180 bits per heavy atom. The van der Waals surface area contributed by atoms with Gasteiger partial charge in [-0.2, -0.15) is 0 Å². The third-order valence-corrected chi connectivity index (χ3v) is 10.4. The van der Waals surface area contributed by atoms with Crippen LogP contribution >= 0.6 is 0 Å². The summed E-state index contributed by atoms with van der Waals surface area (Å²) in [6, 6.07) is 71.4. The van der Waals surface area contributed by atoms with Gasteiger partial charge in [0.1, 0.15) is 0 Å². The Balaban J connectivity index is 1.14. The minimum atomic E-state index is 1.22. The van der Waals surface area contributed by atoms with Crippen LogP contribution in [0.15, 0.2) is 194 Å². The quantitative estimate of drug-likeness (QED) is 0.169. The average Bonchev–Trinajstić information content (AvgIpc) is 3.20. The van der Waals surface area contributed by atoms with Crippen molar-refractivity contribution in [1.29, 1.82) is 0 Å². The molecule has 0 amide bonds. The van der Waals surface area contributed by atoms with Gasteiger partial charge < -0.3 is 0 Å². The Morgan fingerprint density at radius 2 is 0.600 bits per heavy atom. The third kappa shape index (κ3) is 4.77. The molecule has 0 fully saturated rings. The molecular weight excluding hydrogens is 601 g/mol. The van der Waals surface area contributed by atoms with Crippen LogP contribution in [0.3, 0.4) is 0 Å². The van der Waals surface area contributed by atoms with Crippen molar-refractivity contribution in [2.75, 3.05) is 0 Å². The summed E-state index contributed by atoms with van der Waals surface area (Å²) < 4.78 is 0. The molecule has 0 spiro atoms. The first-order chi connectivity index (χ1) is 24.8. The van der Waals surface area contributed by atoms with Gasteiger partial charge in [-0.15, -0.1) is 0 Å². The molecule has 0 heterocycles. The van der Waals surface area contributed by atoms with E-state index in [-0.39, 0.29) is 0 Å². The number of fused-ring (bicyclic) bond motifs is 8. The van der Waals surface area contributed by atoms with E-state index < -0.39 is 0 Å². The second kappa shape index (κ2) is 11.6. The van der Waals surface area contributed by atoms with Gasteiger partial charge in [0, 0.05) is 0 Å². The molecule has 0 atom stereocenters. The van der Waals surface area contributed by atoms with Crippen molar-refractivity contribution in [2.45, 2.75) is 0 Å². The summed E-state index contributed by atoms with van der Waals surface area (Å²) in [6.45, 7) is 0. The summed E-state index contributed by atoms with van der Waals surface area (Å²) in [4.78, 5) is 0. The van der Waals surface area contributed by atoms with Crippen LogP contribution in [-0.4, -0.2) is 0 Å². The first kappa shape index (κ1) is 28.5. The Kier molecular flexibility index (Phi) is 6.60. The summed E-state index contributed by atoms with van der Waals surface area (Å²) in [7, 11) is 0. The zero-order valence-electron chi connectivity index (χ0n) is 27.5. The minimum Gasteiger partial charge on any atom is -0.0622 e. The molecule has 232 valence electrons. The third-order valence-electron chi connectivity index (χ3n) is 10.4. The number of hydrogen-bond acceptors (Lipinski definition) is 0. The second-order valence-corrected chi connectivity index (χ2v) is 13.3. The van der Waals surface area contributed by atoms with Crippen molar-refractivity contribution < 1.29 is 0 Å². The lowest BCUT2D eigenvalue weighted by atomic mass is 9.88. The van der Waals surface area contributed by atoms with Gasteiger partial charge in [0.05, 0.1) is 0 Å². The van der Waals surface area contributed by atoms with E-state index in [0.29, 0.717) is 0 Å². The summed E-state index contributed by atoms with van der Waals surface area (Å²) >= 11 is 0. The Bertz CT molecular complexity index is 2890. The van der Waals surface area contributed by atoms with Crippen molar-refractivity contribution in [3.63, 3.8) is 0 Å². The smallest absolute Gasteiger partial charge is 0.00928 e. The topological polar surface area (TPSA) is 0 Å². The van der Waals surface area contributed by atoms with Crippen LogP contribution < -0.4 is 0 Å². The molecule has 0 aromatic heterocycles. The molecule has 50 heavy (non-hydrogen) atoms. The zero-order valence-corrected chi connectivity index (χ0v) is 27.5. The molecule has 0 aliphatic carbocycles. The fourth-order valence-corrected chi connectivity index (χ4v) is 7.89. The Morgan fingerprint density at radius 3 is 1.26 bits per heavy atom. The fourth-order valence-electron chi connectivity index (χ4n) is 7.89. The first-order valence-electron chi connectivity index (χ1n) is 17.3. The van der Waals surface area contributed by atoms with E-state index in [1.807, 2.05) is 0 Å². The van der Waals surface area contributed by atoms with Crippen LogP contribution in [0.4, 0.5) is 0 Å². The highest BCUT2D eigenvalue weighted by Crippen LogP contribution is 2.42. The normalized spacial score (nSPS) is 11.6. The van der Waals surface area contributed by atoms with E-state index in [0.717, 1.165) is 0 Å². The van der Waals surface area contributed by atoms with Gasteiger partial charge in [-0.05, 0) is 135 Å². The van der Waals surface area contributed by atoms with E-state index in [1.54, 1.807) is 0 Å². The molecule has 0 aliphatic heterocycles. The van der Waals surface area contributed by atoms with E-state index in [4.69, 9.17) is 0 Å². The monoisotopic (exact) mass is 632 g/mol. The number of rotatable bonds is 4. The van der Waals surface area contributed by atoms with Crippen molar-refractivity contribution >= 4 is 53.9 Å². The predicted octanol–water partition coefficient (Wildman–Crippen LogP) is 14.1. The minimum absolute atomic E-state index is 1.22. The van der Waals surface area contributed by atoms with Gasteiger partial charge in [-0.25, -0.2) is 0 Å².